The predicted molar refractivity (Wildman–Crippen MR) is 90.5 cm³/mol. The highest BCUT2D eigenvalue weighted by Crippen LogP contribution is 2.30. The number of thiophene rings is 1. The molecule has 0 fully saturated rings. The zero-order chi connectivity index (χ0) is 18.6. The largest absolute Gasteiger partial charge is 0.435 e. The summed E-state index contributed by atoms with van der Waals surface area (Å²) >= 11 is 1.54. The Morgan fingerprint density at radius 2 is 2.08 bits per heavy atom. The van der Waals surface area contributed by atoms with Crippen molar-refractivity contribution in [3.8, 4) is 0 Å². The normalized spacial score (nSPS) is 13.2. The molecule has 0 radical (unpaired) electrons. The molecule has 1 N–H and O–H groups in total. The Bertz CT molecular complexity index is 693. The van der Waals surface area contributed by atoms with Crippen molar-refractivity contribution in [1.29, 1.82) is 0 Å². The van der Waals surface area contributed by atoms with Crippen molar-refractivity contribution in [2.75, 3.05) is 19.6 Å². The summed E-state index contributed by atoms with van der Waals surface area (Å²) in [5.41, 5.74) is -0.586. The van der Waals surface area contributed by atoms with E-state index in [-0.39, 0.29) is 12.6 Å². The molecule has 0 aliphatic carbocycles. The Balaban J connectivity index is 2.17. The van der Waals surface area contributed by atoms with Gasteiger partial charge in [0.1, 0.15) is 0 Å². The number of carbonyl (C=O) groups excluding carboxylic acids is 1. The van der Waals surface area contributed by atoms with E-state index in [2.05, 4.69) is 15.3 Å². The molecule has 0 aliphatic rings. The second-order valence-electron chi connectivity index (χ2n) is 5.57. The molecule has 0 saturated heterocycles. The number of halogens is 3. The molecule has 0 spiro atoms. The van der Waals surface area contributed by atoms with Gasteiger partial charge in [0.25, 0.3) is 5.91 Å². The molecule has 5 nitrogen and oxygen atoms in total. The fourth-order valence-electron chi connectivity index (χ4n) is 2.74. The Hall–Kier alpha value is -1.87. The van der Waals surface area contributed by atoms with Crippen LogP contribution in [0, 0.1) is 0 Å². The molecule has 2 heterocycles. The number of carbonyl (C=O) groups is 1. The molecule has 1 atom stereocenters. The van der Waals surface area contributed by atoms with Crippen LogP contribution in [0.5, 0.6) is 0 Å². The molecule has 1 amide bonds. The zero-order valence-electron chi connectivity index (χ0n) is 14.3. The first-order valence-corrected chi connectivity index (χ1v) is 8.87. The molecule has 138 valence electrons. The van der Waals surface area contributed by atoms with Crippen LogP contribution < -0.4 is 5.32 Å². The lowest BCUT2D eigenvalue weighted by Crippen LogP contribution is -2.38. The summed E-state index contributed by atoms with van der Waals surface area (Å²) < 4.78 is 40.1. The smallest absolute Gasteiger partial charge is 0.350 e. The minimum atomic E-state index is -4.67. The number of hydrogen-bond acceptors (Lipinski definition) is 4. The van der Waals surface area contributed by atoms with Crippen LogP contribution in [0.15, 0.2) is 23.0 Å². The second-order valence-corrected chi connectivity index (χ2v) is 6.35. The molecule has 2 aromatic rings. The summed E-state index contributed by atoms with van der Waals surface area (Å²) in [7, 11) is 1.36. The average molecular weight is 374 g/mol. The molecule has 2 rings (SSSR count). The summed E-state index contributed by atoms with van der Waals surface area (Å²) in [4.78, 5) is 14.5. The first-order chi connectivity index (χ1) is 11.8. The van der Waals surface area contributed by atoms with Gasteiger partial charge < -0.3 is 5.32 Å². The van der Waals surface area contributed by atoms with Crippen molar-refractivity contribution in [2.24, 2.45) is 7.05 Å². The maximum Gasteiger partial charge on any atom is 0.435 e. The van der Waals surface area contributed by atoms with Gasteiger partial charge in [-0.1, -0.05) is 13.8 Å². The van der Waals surface area contributed by atoms with Gasteiger partial charge in [0.2, 0.25) is 0 Å². The maximum atomic E-state index is 13.0. The Morgan fingerprint density at radius 3 is 2.60 bits per heavy atom. The van der Waals surface area contributed by atoms with Crippen molar-refractivity contribution < 1.29 is 18.0 Å². The van der Waals surface area contributed by atoms with Gasteiger partial charge in [-0.25, -0.2) is 0 Å². The number of amides is 1. The van der Waals surface area contributed by atoms with Crippen LogP contribution in [-0.2, 0) is 13.2 Å². The minimum absolute atomic E-state index is 0.0868. The van der Waals surface area contributed by atoms with E-state index in [0.717, 1.165) is 29.5 Å². The molecule has 1 unspecified atom stereocenters. The Kier molecular flexibility index (Phi) is 6.23. The number of rotatable bonds is 7. The van der Waals surface area contributed by atoms with E-state index >= 15 is 0 Å². The zero-order valence-corrected chi connectivity index (χ0v) is 15.1. The maximum absolute atomic E-state index is 13.0. The fraction of sp³-hybridized carbons (Fsp3) is 0.500. The van der Waals surface area contributed by atoms with E-state index in [1.165, 1.54) is 7.05 Å². The van der Waals surface area contributed by atoms with Gasteiger partial charge in [-0.3, -0.25) is 14.4 Å². The van der Waals surface area contributed by atoms with Crippen molar-refractivity contribution in [3.05, 3.63) is 39.8 Å². The monoisotopic (exact) mass is 374 g/mol. The van der Waals surface area contributed by atoms with Gasteiger partial charge in [0, 0.05) is 19.8 Å². The highest BCUT2D eigenvalue weighted by atomic mass is 32.1. The molecule has 0 saturated carbocycles. The van der Waals surface area contributed by atoms with E-state index in [0.29, 0.717) is 0 Å². The van der Waals surface area contributed by atoms with Crippen molar-refractivity contribution >= 4 is 17.2 Å². The van der Waals surface area contributed by atoms with E-state index in [4.69, 9.17) is 0 Å². The van der Waals surface area contributed by atoms with Crippen LogP contribution in [0.4, 0.5) is 13.2 Å². The Labute approximate surface area is 148 Å². The average Bonchev–Trinajstić information content (AvgIpc) is 3.20. The lowest BCUT2D eigenvalue weighted by molar-refractivity contribution is -0.141. The third-order valence-corrected chi connectivity index (χ3v) is 4.68. The summed E-state index contributed by atoms with van der Waals surface area (Å²) in [5.74, 6) is -0.771. The molecule has 0 aromatic carbocycles. The Morgan fingerprint density at radius 1 is 1.40 bits per heavy atom. The third kappa shape index (κ3) is 4.60. The van der Waals surface area contributed by atoms with Gasteiger partial charge in [-0.2, -0.15) is 29.6 Å². The van der Waals surface area contributed by atoms with Gasteiger partial charge in [0.15, 0.2) is 5.69 Å². The van der Waals surface area contributed by atoms with Crippen LogP contribution in [0.2, 0.25) is 0 Å². The van der Waals surface area contributed by atoms with Crippen molar-refractivity contribution in [2.45, 2.75) is 26.1 Å². The van der Waals surface area contributed by atoms with Crippen LogP contribution >= 0.6 is 11.3 Å². The van der Waals surface area contributed by atoms with Crippen LogP contribution in [0.3, 0.4) is 0 Å². The molecule has 0 aliphatic heterocycles. The number of alkyl halides is 3. The number of hydrogen-bond donors (Lipinski definition) is 1. The molecular weight excluding hydrogens is 353 g/mol. The quantitative estimate of drug-likeness (QED) is 0.809. The van der Waals surface area contributed by atoms with Crippen molar-refractivity contribution in [3.63, 3.8) is 0 Å². The van der Waals surface area contributed by atoms with Gasteiger partial charge in [-0.05, 0) is 35.5 Å². The summed E-state index contributed by atoms with van der Waals surface area (Å²) in [6.07, 6.45) is -3.57. The van der Waals surface area contributed by atoms with Gasteiger partial charge in [-0.15, -0.1) is 0 Å². The van der Waals surface area contributed by atoms with E-state index in [1.807, 2.05) is 30.7 Å². The summed E-state index contributed by atoms with van der Waals surface area (Å²) in [6, 6.07) is 1.88. The van der Waals surface area contributed by atoms with Crippen LogP contribution in [-0.4, -0.2) is 40.2 Å². The van der Waals surface area contributed by atoms with E-state index < -0.39 is 23.3 Å². The SMILES string of the molecule is CCN(CC)C(CNC(=O)c1cn(C)nc1C(F)(F)F)c1ccsc1. The number of aryl methyl sites for hydroxylation is 1. The van der Waals surface area contributed by atoms with Gasteiger partial charge >= 0.3 is 6.18 Å². The lowest BCUT2D eigenvalue weighted by Gasteiger charge is -2.29. The first-order valence-electron chi connectivity index (χ1n) is 7.93. The second kappa shape index (κ2) is 8.01. The molecule has 9 heteroatoms. The fourth-order valence-corrected chi connectivity index (χ4v) is 3.44. The molecule has 25 heavy (non-hydrogen) atoms. The number of aromatic nitrogens is 2. The number of nitrogens with one attached hydrogen (secondary N) is 1. The minimum Gasteiger partial charge on any atom is -0.350 e. The number of likely N-dealkylation sites (N-methyl/N-ethyl adjacent to an activating group) is 1. The predicted octanol–water partition coefficient (Wildman–Crippen LogP) is 3.31. The first kappa shape index (κ1) is 19.5. The van der Waals surface area contributed by atoms with Crippen LogP contribution in [0.1, 0.15) is 41.5 Å². The molecule has 2 aromatic heterocycles. The van der Waals surface area contributed by atoms with E-state index in [1.54, 1.807) is 11.3 Å². The number of nitrogens with zero attached hydrogens (tertiary/aromatic N) is 3. The molecular formula is C16H21F3N4OS. The summed E-state index contributed by atoms with van der Waals surface area (Å²) in [6.45, 7) is 5.78. The topological polar surface area (TPSA) is 50.2 Å². The van der Waals surface area contributed by atoms with Gasteiger partial charge in [0.05, 0.1) is 11.6 Å². The van der Waals surface area contributed by atoms with Crippen molar-refractivity contribution in [1.82, 2.24) is 20.0 Å². The highest BCUT2D eigenvalue weighted by Gasteiger charge is 2.39. The third-order valence-electron chi connectivity index (χ3n) is 3.98. The summed E-state index contributed by atoms with van der Waals surface area (Å²) in [5, 5.41) is 9.93. The van der Waals surface area contributed by atoms with Crippen LogP contribution in [0.25, 0.3) is 0 Å². The lowest BCUT2D eigenvalue weighted by atomic mass is 10.1. The van der Waals surface area contributed by atoms with E-state index in [9.17, 15) is 18.0 Å². The molecule has 0 bridgehead atoms. The highest BCUT2D eigenvalue weighted by molar-refractivity contribution is 7.07. The standard InChI is InChI=1S/C16H21F3N4OS/c1-4-23(5-2)13(11-6-7-25-10-11)8-20-15(24)12-9-22(3)21-14(12)16(17,18)19/h6-7,9-10,13H,4-5,8H2,1-3H3,(H,20,24).